The Morgan fingerprint density at radius 1 is 1.39 bits per heavy atom. The smallest absolute Gasteiger partial charge is 0.331 e. The monoisotopic (exact) mass is 252 g/mol. The van der Waals surface area contributed by atoms with Crippen LogP contribution in [0.3, 0.4) is 0 Å². The fourth-order valence-electron chi connectivity index (χ4n) is 1.76. The summed E-state index contributed by atoms with van der Waals surface area (Å²) in [5, 5.41) is 8.62. The van der Waals surface area contributed by atoms with E-state index in [1.807, 2.05) is 0 Å². The highest BCUT2D eigenvalue weighted by molar-refractivity contribution is 5.78. The van der Waals surface area contributed by atoms with Crippen LogP contribution in [0.25, 0.3) is 10.9 Å². The van der Waals surface area contributed by atoms with E-state index in [2.05, 4.69) is 0 Å². The first-order valence-electron chi connectivity index (χ1n) is 5.02. The number of nitrogens with zero attached hydrogens (tertiary/aromatic N) is 2. The van der Waals surface area contributed by atoms with Crippen molar-refractivity contribution < 1.29 is 14.3 Å². The Morgan fingerprint density at radius 2 is 2.06 bits per heavy atom. The van der Waals surface area contributed by atoms with E-state index < -0.39 is 29.6 Å². The molecule has 0 atom stereocenters. The highest BCUT2D eigenvalue weighted by Gasteiger charge is 2.13. The molecule has 0 aliphatic carbocycles. The summed E-state index contributed by atoms with van der Waals surface area (Å²) in [6, 6.07) is 3.41. The Bertz CT molecular complexity index is 760. The van der Waals surface area contributed by atoms with Gasteiger partial charge in [-0.3, -0.25) is 14.2 Å². The average molecular weight is 252 g/mol. The molecule has 0 amide bonds. The first kappa shape index (κ1) is 12.0. The van der Waals surface area contributed by atoms with E-state index in [0.717, 1.165) is 16.7 Å². The number of aliphatic carboxylic acids is 1. The quantitative estimate of drug-likeness (QED) is 0.810. The van der Waals surface area contributed by atoms with Gasteiger partial charge in [0.2, 0.25) is 0 Å². The lowest BCUT2D eigenvalue weighted by atomic mass is 10.2. The Kier molecular flexibility index (Phi) is 2.74. The Labute approximate surface area is 99.5 Å². The summed E-state index contributed by atoms with van der Waals surface area (Å²) in [7, 11) is 1.39. The van der Waals surface area contributed by atoms with Gasteiger partial charge in [0, 0.05) is 7.05 Å². The van der Waals surface area contributed by atoms with Crippen molar-refractivity contribution in [2.75, 3.05) is 0 Å². The molecule has 0 unspecified atom stereocenters. The topological polar surface area (TPSA) is 81.3 Å². The molecule has 0 aliphatic rings. The van der Waals surface area contributed by atoms with Crippen LogP contribution in [-0.2, 0) is 18.4 Å². The van der Waals surface area contributed by atoms with Crippen LogP contribution >= 0.6 is 0 Å². The molecule has 2 aromatic rings. The Hall–Kier alpha value is -2.44. The van der Waals surface area contributed by atoms with Crippen molar-refractivity contribution in [2.24, 2.45) is 7.05 Å². The molecule has 0 saturated carbocycles. The van der Waals surface area contributed by atoms with Crippen LogP contribution < -0.4 is 11.2 Å². The minimum Gasteiger partial charge on any atom is -0.480 e. The van der Waals surface area contributed by atoms with E-state index in [4.69, 9.17) is 5.11 Å². The second kappa shape index (κ2) is 4.10. The van der Waals surface area contributed by atoms with Crippen molar-refractivity contribution >= 4 is 16.9 Å². The van der Waals surface area contributed by atoms with Crippen LogP contribution in [0.1, 0.15) is 0 Å². The molecule has 0 bridgehead atoms. The molecule has 2 rings (SSSR count). The van der Waals surface area contributed by atoms with E-state index in [-0.39, 0.29) is 10.9 Å². The predicted octanol–water partition coefficient (Wildman–Crippen LogP) is -0.0761. The van der Waals surface area contributed by atoms with Crippen LogP contribution in [0.15, 0.2) is 27.8 Å². The number of rotatable bonds is 2. The summed E-state index contributed by atoms with van der Waals surface area (Å²) in [5.41, 5.74) is -1.30. The number of fused-ring (bicyclic) bond motifs is 1. The molecule has 6 nitrogen and oxygen atoms in total. The van der Waals surface area contributed by atoms with Gasteiger partial charge in [-0.05, 0) is 18.2 Å². The van der Waals surface area contributed by atoms with Crippen LogP contribution in [0.2, 0.25) is 0 Å². The third-order valence-electron chi connectivity index (χ3n) is 2.61. The molecule has 0 saturated heterocycles. The van der Waals surface area contributed by atoms with Gasteiger partial charge in [-0.25, -0.2) is 13.8 Å². The fraction of sp³-hybridized carbons (Fsp3) is 0.182. The second-order valence-electron chi connectivity index (χ2n) is 3.79. The van der Waals surface area contributed by atoms with Crippen molar-refractivity contribution in [2.45, 2.75) is 6.54 Å². The summed E-state index contributed by atoms with van der Waals surface area (Å²) < 4.78 is 14.8. The van der Waals surface area contributed by atoms with Gasteiger partial charge in [0.05, 0.1) is 10.9 Å². The SMILES string of the molecule is Cn1c(=O)n(CC(=O)O)c(=O)c2cc(F)ccc21. The molecule has 7 heteroatoms. The molecular weight excluding hydrogens is 243 g/mol. The minimum atomic E-state index is -1.31. The number of carboxylic acids is 1. The number of aromatic nitrogens is 2. The standard InChI is InChI=1S/C11H9FN2O4/c1-13-8-3-2-6(12)4-7(8)10(17)14(11(13)18)5-9(15)16/h2-4H,5H2,1H3,(H,15,16). The van der Waals surface area contributed by atoms with Crippen molar-refractivity contribution in [3.63, 3.8) is 0 Å². The van der Waals surface area contributed by atoms with E-state index in [0.29, 0.717) is 4.57 Å². The lowest BCUT2D eigenvalue weighted by Crippen LogP contribution is -2.40. The van der Waals surface area contributed by atoms with E-state index >= 15 is 0 Å². The largest absolute Gasteiger partial charge is 0.480 e. The Balaban J connectivity index is 2.93. The van der Waals surface area contributed by atoms with Crippen molar-refractivity contribution in [3.8, 4) is 0 Å². The second-order valence-corrected chi connectivity index (χ2v) is 3.79. The minimum absolute atomic E-state index is 0.0293. The van der Waals surface area contributed by atoms with Crippen molar-refractivity contribution in [3.05, 3.63) is 44.9 Å². The summed E-state index contributed by atoms with van der Waals surface area (Å²) in [5.74, 6) is -1.94. The maximum atomic E-state index is 13.1. The molecule has 0 radical (unpaired) electrons. The number of carbonyl (C=O) groups is 1. The van der Waals surface area contributed by atoms with Gasteiger partial charge in [0.1, 0.15) is 12.4 Å². The van der Waals surface area contributed by atoms with Gasteiger partial charge in [0.25, 0.3) is 5.56 Å². The number of hydrogen-bond donors (Lipinski definition) is 1. The summed E-state index contributed by atoms with van der Waals surface area (Å²) in [4.78, 5) is 34.3. The van der Waals surface area contributed by atoms with E-state index in [1.165, 1.54) is 13.1 Å². The third kappa shape index (κ3) is 1.79. The maximum Gasteiger partial charge on any atom is 0.331 e. The van der Waals surface area contributed by atoms with Gasteiger partial charge in [-0.15, -0.1) is 0 Å². The predicted molar refractivity (Wildman–Crippen MR) is 61.0 cm³/mol. The molecule has 1 N–H and O–H groups in total. The van der Waals surface area contributed by atoms with Gasteiger partial charge in [-0.2, -0.15) is 0 Å². The molecule has 1 aromatic heterocycles. The fourth-order valence-corrected chi connectivity index (χ4v) is 1.76. The molecule has 1 aromatic carbocycles. The highest BCUT2D eigenvalue weighted by Crippen LogP contribution is 2.09. The van der Waals surface area contributed by atoms with Gasteiger partial charge >= 0.3 is 11.7 Å². The van der Waals surface area contributed by atoms with E-state index in [1.54, 1.807) is 0 Å². The number of halogens is 1. The summed E-state index contributed by atoms with van der Waals surface area (Å²) in [6.45, 7) is -0.752. The lowest BCUT2D eigenvalue weighted by molar-refractivity contribution is -0.137. The normalized spacial score (nSPS) is 10.8. The van der Waals surface area contributed by atoms with E-state index in [9.17, 15) is 18.8 Å². The zero-order valence-corrected chi connectivity index (χ0v) is 9.38. The summed E-state index contributed by atoms with van der Waals surface area (Å²) in [6.07, 6.45) is 0. The molecule has 94 valence electrons. The Morgan fingerprint density at radius 3 is 2.67 bits per heavy atom. The van der Waals surface area contributed by atoms with Crippen molar-refractivity contribution in [1.82, 2.24) is 9.13 Å². The van der Waals surface area contributed by atoms with Crippen LogP contribution in [0.5, 0.6) is 0 Å². The molecule has 1 heterocycles. The zero-order valence-electron chi connectivity index (χ0n) is 9.38. The number of benzene rings is 1. The first-order chi connectivity index (χ1) is 8.41. The molecular formula is C11H9FN2O4. The third-order valence-corrected chi connectivity index (χ3v) is 2.61. The average Bonchev–Trinajstić information content (AvgIpc) is 2.31. The van der Waals surface area contributed by atoms with Gasteiger partial charge in [0.15, 0.2) is 0 Å². The summed E-state index contributed by atoms with van der Waals surface area (Å²) >= 11 is 0. The number of carboxylic acid groups (broad SMARTS) is 1. The molecule has 18 heavy (non-hydrogen) atoms. The van der Waals surface area contributed by atoms with Crippen LogP contribution in [-0.4, -0.2) is 20.2 Å². The van der Waals surface area contributed by atoms with Gasteiger partial charge < -0.3 is 5.11 Å². The number of aryl methyl sites for hydroxylation is 1. The van der Waals surface area contributed by atoms with Gasteiger partial charge in [-0.1, -0.05) is 0 Å². The molecule has 0 fully saturated rings. The maximum absolute atomic E-state index is 13.1. The van der Waals surface area contributed by atoms with Crippen LogP contribution in [0, 0.1) is 5.82 Å². The molecule has 0 aliphatic heterocycles. The van der Waals surface area contributed by atoms with Crippen LogP contribution in [0.4, 0.5) is 4.39 Å². The van der Waals surface area contributed by atoms with Crippen molar-refractivity contribution in [1.29, 1.82) is 0 Å². The first-order valence-corrected chi connectivity index (χ1v) is 5.02. The highest BCUT2D eigenvalue weighted by atomic mass is 19.1. The number of hydrogen-bond acceptors (Lipinski definition) is 3. The zero-order chi connectivity index (χ0) is 13.4. The molecule has 0 spiro atoms. The lowest BCUT2D eigenvalue weighted by Gasteiger charge is -2.08.